The Morgan fingerprint density at radius 3 is 1.92 bits per heavy atom. The van der Waals surface area contributed by atoms with Crippen LogP contribution in [-0.2, 0) is 38.6 Å². The molecule has 1 unspecified atom stereocenters. The van der Waals surface area contributed by atoms with Gasteiger partial charge in [0.05, 0.1) is 45.1 Å². The first-order chi connectivity index (χ1) is 11.5. The molecule has 1 aromatic rings. The Labute approximate surface area is 135 Å². The minimum Gasteiger partial charge on any atom is -0.461 e. The summed E-state index contributed by atoms with van der Waals surface area (Å²) < 4.78 is 17.7. The summed E-state index contributed by atoms with van der Waals surface area (Å²) in [4.78, 5) is 48.4. The fourth-order valence-corrected chi connectivity index (χ4v) is 2.24. The van der Waals surface area contributed by atoms with Gasteiger partial charge in [0.25, 0.3) is 0 Å². The summed E-state index contributed by atoms with van der Waals surface area (Å²) in [5, 5.41) is 0. The van der Waals surface area contributed by atoms with Crippen LogP contribution in [0.5, 0.6) is 0 Å². The van der Waals surface area contributed by atoms with Crippen LogP contribution < -0.4 is 17.1 Å². The van der Waals surface area contributed by atoms with E-state index in [4.69, 9.17) is 14.2 Å². The van der Waals surface area contributed by atoms with E-state index in [9.17, 15) is 19.2 Å². The molecular formula is C14H17N3O7. The largest absolute Gasteiger partial charge is 0.461 e. The second-order valence-electron chi connectivity index (χ2n) is 5.50. The molecule has 10 nitrogen and oxygen atoms in total. The molecule has 2 fully saturated rings. The summed E-state index contributed by atoms with van der Waals surface area (Å²) in [5.74, 6) is -0.658. The third-order valence-electron chi connectivity index (χ3n) is 3.69. The molecule has 0 radical (unpaired) electrons. The summed E-state index contributed by atoms with van der Waals surface area (Å²) in [6.45, 7) is 4.01. The van der Waals surface area contributed by atoms with Gasteiger partial charge in [0, 0.05) is 6.08 Å². The summed E-state index contributed by atoms with van der Waals surface area (Å²) in [5.41, 5.74) is -2.18. The van der Waals surface area contributed by atoms with E-state index in [-0.39, 0.29) is 38.4 Å². The standard InChI is InChI=1S/C14H17N3O7/c1-2-11(18)22-4-3-15-12(19)16(5-9-7-23-9)14(21)17(13(15)20)6-10-8-24-10/h2,9-10H,1,3-8H2/t9-,10?/m0/s1. The third kappa shape index (κ3) is 3.54. The van der Waals surface area contributed by atoms with Gasteiger partial charge in [-0.2, -0.15) is 0 Å². The van der Waals surface area contributed by atoms with Crippen LogP contribution in [0.3, 0.4) is 0 Å². The van der Waals surface area contributed by atoms with Crippen molar-refractivity contribution in [1.29, 1.82) is 0 Å². The van der Waals surface area contributed by atoms with Gasteiger partial charge in [0.2, 0.25) is 0 Å². The molecule has 24 heavy (non-hydrogen) atoms. The Morgan fingerprint density at radius 2 is 1.50 bits per heavy atom. The normalized spacial score (nSPS) is 21.3. The maximum Gasteiger partial charge on any atom is 0.336 e. The molecule has 1 aromatic heterocycles. The number of aromatic nitrogens is 3. The van der Waals surface area contributed by atoms with E-state index in [0.29, 0.717) is 13.2 Å². The number of hydrogen-bond acceptors (Lipinski definition) is 7. The number of rotatable bonds is 8. The van der Waals surface area contributed by atoms with Crippen molar-refractivity contribution >= 4 is 5.97 Å². The predicted molar refractivity (Wildman–Crippen MR) is 79.9 cm³/mol. The predicted octanol–water partition coefficient (Wildman–Crippen LogP) is -2.30. The van der Waals surface area contributed by atoms with E-state index >= 15 is 0 Å². The molecule has 0 amide bonds. The number of ether oxygens (including phenoxy) is 3. The Hall–Kier alpha value is -2.46. The van der Waals surface area contributed by atoms with Gasteiger partial charge in [-0.25, -0.2) is 32.9 Å². The maximum atomic E-state index is 12.4. The summed E-state index contributed by atoms with van der Waals surface area (Å²) in [6.07, 6.45) is 0.577. The summed E-state index contributed by atoms with van der Waals surface area (Å²) in [6, 6.07) is 0. The molecule has 2 aliphatic heterocycles. The van der Waals surface area contributed by atoms with Gasteiger partial charge in [0.1, 0.15) is 6.61 Å². The second-order valence-corrected chi connectivity index (χ2v) is 5.50. The minimum absolute atomic E-state index is 0.0793. The van der Waals surface area contributed by atoms with Crippen LogP contribution in [0.2, 0.25) is 0 Å². The quantitative estimate of drug-likeness (QED) is 0.297. The van der Waals surface area contributed by atoms with Gasteiger partial charge in [-0.1, -0.05) is 6.58 Å². The van der Waals surface area contributed by atoms with Gasteiger partial charge < -0.3 is 14.2 Å². The lowest BCUT2D eigenvalue weighted by Crippen LogP contribution is -2.55. The van der Waals surface area contributed by atoms with Gasteiger partial charge in [-0.3, -0.25) is 0 Å². The lowest BCUT2D eigenvalue weighted by Gasteiger charge is -2.12. The Balaban J connectivity index is 1.93. The van der Waals surface area contributed by atoms with Gasteiger partial charge in [0.15, 0.2) is 0 Å². The number of carbonyl (C=O) groups is 1. The van der Waals surface area contributed by atoms with Crippen molar-refractivity contribution in [1.82, 2.24) is 13.7 Å². The molecule has 3 heterocycles. The molecule has 0 N–H and O–H groups in total. The van der Waals surface area contributed by atoms with Gasteiger partial charge >= 0.3 is 23.0 Å². The fourth-order valence-electron chi connectivity index (χ4n) is 2.24. The number of nitrogens with zero attached hydrogens (tertiary/aromatic N) is 3. The molecule has 2 aliphatic rings. The van der Waals surface area contributed by atoms with Crippen molar-refractivity contribution in [3.8, 4) is 0 Å². The first-order valence-electron chi connectivity index (χ1n) is 7.48. The number of carbonyl (C=O) groups excluding carboxylic acids is 1. The second kappa shape index (κ2) is 6.57. The highest BCUT2D eigenvalue weighted by Crippen LogP contribution is 2.10. The van der Waals surface area contributed by atoms with Crippen molar-refractivity contribution in [2.24, 2.45) is 0 Å². The SMILES string of the molecule is C=CC(=O)OCCn1c(=O)n(CC2CO2)c(=O)n(C[C@H]2CO2)c1=O. The van der Waals surface area contributed by atoms with Crippen molar-refractivity contribution < 1.29 is 19.0 Å². The topological polar surface area (TPSA) is 117 Å². The monoisotopic (exact) mass is 339 g/mol. The smallest absolute Gasteiger partial charge is 0.336 e. The lowest BCUT2D eigenvalue weighted by atomic mass is 10.4. The summed E-state index contributed by atoms with van der Waals surface area (Å²) >= 11 is 0. The maximum absolute atomic E-state index is 12.4. The molecule has 0 bridgehead atoms. The number of epoxide rings is 2. The molecule has 0 saturated carbocycles. The van der Waals surface area contributed by atoms with Crippen LogP contribution in [0, 0.1) is 0 Å². The molecule has 0 spiro atoms. The highest BCUT2D eigenvalue weighted by atomic mass is 16.6. The molecule has 0 aromatic carbocycles. The summed E-state index contributed by atoms with van der Waals surface area (Å²) in [7, 11) is 0. The zero-order valence-corrected chi connectivity index (χ0v) is 12.9. The van der Waals surface area contributed by atoms with Crippen molar-refractivity contribution in [3.05, 3.63) is 44.1 Å². The Bertz CT molecular complexity index is 774. The van der Waals surface area contributed by atoms with Crippen molar-refractivity contribution in [3.63, 3.8) is 0 Å². The highest BCUT2D eigenvalue weighted by molar-refractivity contribution is 5.81. The van der Waals surface area contributed by atoms with E-state index in [0.717, 1.165) is 19.8 Å². The Morgan fingerprint density at radius 1 is 1.04 bits per heavy atom. The first kappa shape index (κ1) is 16.4. The molecule has 130 valence electrons. The number of hydrogen-bond donors (Lipinski definition) is 0. The first-order valence-corrected chi connectivity index (χ1v) is 7.48. The fraction of sp³-hybridized carbons (Fsp3) is 0.571. The van der Waals surface area contributed by atoms with E-state index in [1.54, 1.807) is 0 Å². The van der Waals surface area contributed by atoms with Crippen LogP contribution in [0.1, 0.15) is 0 Å². The third-order valence-corrected chi connectivity index (χ3v) is 3.69. The van der Waals surface area contributed by atoms with Crippen LogP contribution in [0.4, 0.5) is 0 Å². The van der Waals surface area contributed by atoms with E-state index in [1.165, 1.54) is 0 Å². The zero-order chi connectivity index (χ0) is 17.3. The van der Waals surface area contributed by atoms with Crippen LogP contribution in [-0.4, -0.2) is 51.7 Å². The molecule has 10 heteroatoms. The number of esters is 1. The molecule has 3 rings (SSSR count). The van der Waals surface area contributed by atoms with Crippen molar-refractivity contribution in [2.75, 3.05) is 19.8 Å². The Kier molecular flexibility index (Phi) is 4.49. The average Bonchev–Trinajstić information content (AvgIpc) is 3.46. The zero-order valence-electron chi connectivity index (χ0n) is 12.9. The van der Waals surface area contributed by atoms with Gasteiger partial charge in [-0.15, -0.1) is 0 Å². The van der Waals surface area contributed by atoms with Crippen molar-refractivity contribution in [2.45, 2.75) is 31.8 Å². The molecular weight excluding hydrogens is 322 g/mol. The average molecular weight is 339 g/mol. The molecule has 0 aliphatic carbocycles. The molecule has 2 saturated heterocycles. The highest BCUT2D eigenvalue weighted by Gasteiger charge is 2.29. The van der Waals surface area contributed by atoms with Crippen LogP contribution in [0.25, 0.3) is 0 Å². The van der Waals surface area contributed by atoms with Crippen LogP contribution >= 0.6 is 0 Å². The molecule has 2 atom stereocenters. The van der Waals surface area contributed by atoms with E-state index < -0.39 is 23.0 Å². The van der Waals surface area contributed by atoms with Gasteiger partial charge in [-0.05, 0) is 0 Å². The lowest BCUT2D eigenvalue weighted by molar-refractivity contribution is -0.138. The minimum atomic E-state index is -0.747. The van der Waals surface area contributed by atoms with Crippen LogP contribution in [0.15, 0.2) is 27.0 Å². The van der Waals surface area contributed by atoms with E-state index in [1.807, 2.05) is 0 Å². The van der Waals surface area contributed by atoms with E-state index in [2.05, 4.69) is 6.58 Å².